The third kappa shape index (κ3) is 6.39. The van der Waals surface area contributed by atoms with Gasteiger partial charge in [0.05, 0.1) is 26.4 Å². The minimum atomic E-state index is -5.05. The van der Waals surface area contributed by atoms with Gasteiger partial charge in [-0.25, -0.2) is 18.0 Å². The van der Waals surface area contributed by atoms with Crippen molar-refractivity contribution in [3.8, 4) is 6.07 Å². The third-order valence-corrected chi connectivity index (χ3v) is 9.15. The van der Waals surface area contributed by atoms with Crippen LogP contribution >= 0.6 is 0 Å². The quantitative estimate of drug-likeness (QED) is 0.452. The first-order valence-corrected chi connectivity index (χ1v) is 15.0. The summed E-state index contributed by atoms with van der Waals surface area (Å²) in [4.78, 5) is 31.0. The average molecular weight is 613 g/mol. The van der Waals surface area contributed by atoms with Crippen molar-refractivity contribution in [3.05, 3.63) is 46.6 Å². The molecule has 9 nitrogen and oxygen atoms in total. The monoisotopic (exact) mass is 612 g/mol. The van der Waals surface area contributed by atoms with E-state index in [1.54, 1.807) is 0 Å². The number of benzene rings is 1. The highest BCUT2D eigenvalue weighted by molar-refractivity contribution is 7.93. The fraction of sp³-hybridized carbons (Fsp3) is 0.481. The molecule has 2 aromatic rings. The van der Waals surface area contributed by atoms with Crippen molar-refractivity contribution in [2.24, 2.45) is 10.1 Å². The zero-order valence-electron chi connectivity index (χ0n) is 22.9. The Morgan fingerprint density at radius 1 is 1.17 bits per heavy atom. The van der Waals surface area contributed by atoms with Crippen LogP contribution in [0.5, 0.6) is 0 Å². The lowest BCUT2D eigenvalue weighted by Gasteiger charge is -2.34. The van der Waals surface area contributed by atoms with Gasteiger partial charge in [0.25, 0.3) is 11.8 Å². The number of pyridine rings is 1. The lowest BCUT2D eigenvalue weighted by Crippen LogP contribution is -2.53. The Bertz CT molecular complexity index is 1590. The van der Waals surface area contributed by atoms with Gasteiger partial charge in [-0.05, 0) is 56.4 Å². The molecule has 0 radical (unpaired) electrons. The first kappa shape index (κ1) is 31.3. The number of nitrogens with two attached hydrogens (primary N) is 1. The van der Waals surface area contributed by atoms with Crippen LogP contribution in [0.3, 0.4) is 0 Å². The first-order chi connectivity index (χ1) is 19.5. The summed E-state index contributed by atoms with van der Waals surface area (Å²) in [6.07, 6.45) is -3.42. The molecule has 226 valence electrons. The predicted molar refractivity (Wildman–Crippen MR) is 145 cm³/mol. The number of carbonyl (C=O) groups is 2. The molecule has 4 rings (SSSR count). The molecule has 1 aromatic heterocycles. The van der Waals surface area contributed by atoms with Gasteiger partial charge in [-0.3, -0.25) is 9.59 Å². The summed E-state index contributed by atoms with van der Waals surface area (Å²) in [7, 11) is -3.29. The van der Waals surface area contributed by atoms with E-state index in [-0.39, 0.29) is 41.2 Å². The predicted octanol–water partition coefficient (Wildman–Crippen LogP) is 5.02. The molecule has 1 aliphatic carbocycles. The van der Waals surface area contributed by atoms with Crippen molar-refractivity contribution in [3.63, 3.8) is 0 Å². The van der Waals surface area contributed by atoms with Crippen LogP contribution in [0.25, 0.3) is 0 Å². The van der Waals surface area contributed by atoms with E-state index < -0.39 is 69.1 Å². The normalized spacial score (nSPS) is 19.5. The Balaban J connectivity index is 1.74. The second-order valence-electron chi connectivity index (χ2n) is 10.7. The Morgan fingerprint density at radius 2 is 1.86 bits per heavy atom. The smallest absolute Gasteiger partial charge is 0.356 e. The molecule has 2 fully saturated rings. The van der Waals surface area contributed by atoms with Gasteiger partial charge in [0.1, 0.15) is 11.9 Å². The molecule has 2 heterocycles. The van der Waals surface area contributed by atoms with Gasteiger partial charge in [0.2, 0.25) is 5.92 Å². The maximum Gasteiger partial charge on any atom is 0.434 e. The standard InChI is InChI=1S/C27H29F5N6O3S/c1-16-19(15-33)21(27(30,31)32)36-22(38-12-5-10-26(28,29)11-13-38)20(16)23(39)35-17-6-3-7-18(14-17)42(2,41)37-24(40)25(34)8-4-9-25/h3,6-7,14H,4-5,8-13,34H2,1-2H3,(H,35,39). The second-order valence-corrected chi connectivity index (χ2v) is 12.9. The number of hydrogen-bond acceptors (Lipinski definition) is 7. The summed E-state index contributed by atoms with van der Waals surface area (Å²) in [5, 5.41) is 12.1. The zero-order valence-corrected chi connectivity index (χ0v) is 23.7. The van der Waals surface area contributed by atoms with E-state index in [0.717, 1.165) is 13.3 Å². The number of nitriles is 1. The SMILES string of the molecule is Cc1c(C#N)c(C(F)(F)F)nc(N2CCCC(F)(F)CC2)c1C(=O)Nc1cccc(S(C)(=O)=NC(=O)C2(N)CCC2)c1. The van der Waals surface area contributed by atoms with Crippen LogP contribution in [-0.2, 0) is 20.7 Å². The highest BCUT2D eigenvalue weighted by Crippen LogP contribution is 2.38. The molecule has 1 unspecified atom stereocenters. The summed E-state index contributed by atoms with van der Waals surface area (Å²) >= 11 is 0. The minimum Gasteiger partial charge on any atom is -0.356 e. The molecule has 1 aromatic carbocycles. The summed E-state index contributed by atoms with van der Waals surface area (Å²) in [5.41, 5.74) is 1.79. The van der Waals surface area contributed by atoms with Crippen molar-refractivity contribution in [1.82, 2.24) is 4.98 Å². The number of nitrogens with one attached hydrogen (secondary N) is 1. The van der Waals surface area contributed by atoms with Crippen LogP contribution in [0.4, 0.5) is 33.5 Å². The molecule has 3 N–H and O–H groups in total. The van der Waals surface area contributed by atoms with Crippen LogP contribution in [0.1, 0.15) is 65.7 Å². The summed E-state index contributed by atoms with van der Waals surface area (Å²) in [6, 6.07) is 7.04. The molecule has 0 bridgehead atoms. The molecule has 1 saturated heterocycles. The molecule has 15 heteroatoms. The minimum absolute atomic E-state index is 0.0602. The lowest BCUT2D eigenvalue weighted by molar-refractivity contribution is -0.141. The van der Waals surface area contributed by atoms with Gasteiger partial charge in [-0.1, -0.05) is 6.07 Å². The molecule has 1 aliphatic heterocycles. The number of rotatable bonds is 5. The number of aromatic nitrogens is 1. The van der Waals surface area contributed by atoms with E-state index >= 15 is 0 Å². The number of anilines is 2. The van der Waals surface area contributed by atoms with Crippen LogP contribution in [0, 0.1) is 18.3 Å². The maximum absolute atomic E-state index is 14.1. The Hall–Kier alpha value is -3.64. The Kier molecular flexibility index (Phi) is 8.36. The summed E-state index contributed by atoms with van der Waals surface area (Å²) in [6.45, 7) is 0.703. The fourth-order valence-corrected chi connectivity index (χ4v) is 6.16. The van der Waals surface area contributed by atoms with Gasteiger partial charge in [0.15, 0.2) is 5.69 Å². The number of halogens is 5. The lowest BCUT2D eigenvalue weighted by atomic mass is 9.77. The van der Waals surface area contributed by atoms with Crippen molar-refractivity contribution < 1.29 is 35.8 Å². The van der Waals surface area contributed by atoms with E-state index in [0.29, 0.717) is 12.8 Å². The summed E-state index contributed by atoms with van der Waals surface area (Å²) in [5.74, 6) is -5.16. The van der Waals surface area contributed by atoms with Crippen molar-refractivity contribution >= 4 is 33.0 Å². The van der Waals surface area contributed by atoms with Gasteiger partial charge >= 0.3 is 6.18 Å². The third-order valence-electron chi connectivity index (χ3n) is 7.51. The van der Waals surface area contributed by atoms with E-state index in [2.05, 4.69) is 14.7 Å². The van der Waals surface area contributed by atoms with Crippen LogP contribution in [0.15, 0.2) is 33.5 Å². The molecular formula is C27H29F5N6O3S. The molecule has 42 heavy (non-hydrogen) atoms. The number of carbonyl (C=O) groups excluding carboxylic acids is 2. The van der Waals surface area contributed by atoms with Gasteiger partial charge in [0, 0.05) is 42.8 Å². The second kappa shape index (κ2) is 11.2. The van der Waals surface area contributed by atoms with Crippen molar-refractivity contribution in [2.45, 2.75) is 68.0 Å². The zero-order chi connectivity index (χ0) is 31.1. The Labute approximate surface area is 239 Å². The van der Waals surface area contributed by atoms with E-state index in [4.69, 9.17) is 5.73 Å². The number of nitrogens with zero attached hydrogens (tertiary/aromatic N) is 4. The Morgan fingerprint density at radius 3 is 2.45 bits per heavy atom. The topological polar surface area (TPSA) is 142 Å². The number of amides is 2. The highest BCUT2D eigenvalue weighted by atomic mass is 32.2. The maximum atomic E-state index is 14.1. The fourth-order valence-electron chi connectivity index (χ4n) is 4.88. The molecule has 2 amide bonds. The summed E-state index contributed by atoms with van der Waals surface area (Å²) < 4.78 is 86.9. The van der Waals surface area contributed by atoms with E-state index in [9.17, 15) is 41.0 Å². The largest absolute Gasteiger partial charge is 0.434 e. The molecule has 0 spiro atoms. The van der Waals surface area contributed by atoms with Gasteiger partial charge in [-0.15, -0.1) is 0 Å². The van der Waals surface area contributed by atoms with Crippen LogP contribution < -0.4 is 16.0 Å². The van der Waals surface area contributed by atoms with E-state index in [1.807, 2.05) is 0 Å². The van der Waals surface area contributed by atoms with Crippen molar-refractivity contribution in [2.75, 3.05) is 29.6 Å². The molecular weight excluding hydrogens is 583 g/mol. The van der Waals surface area contributed by atoms with Gasteiger partial charge in [-0.2, -0.15) is 22.8 Å². The average Bonchev–Trinajstić information content (AvgIpc) is 3.06. The molecule has 1 atom stereocenters. The van der Waals surface area contributed by atoms with Crippen LogP contribution in [0.2, 0.25) is 0 Å². The first-order valence-electron chi connectivity index (χ1n) is 13.1. The number of alkyl halides is 5. The molecule has 1 saturated carbocycles. The van der Waals surface area contributed by atoms with E-state index in [1.165, 1.54) is 41.5 Å². The highest BCUT2D eigenvalue weighted by Gasteiger charge is 2.42. The molecule has 2 aliphatic rings. The number of hydrogen-bond donors (Lipinski definition) is 2. The van der Waals surface area contributed by atoms with Crippen LogP contribution in [-0.4, -0.2) is 51.8 Å². The van der Waals surface area contributed by atoms with Gasteiger partial charge < -0.3 is 16.0 Å². The van der Waals surface area contributed by atoms with Crippen molar-refractivity contribution in [1.29, 1.82) is 5.26 Å².